The molecule has 1 aromatic carbocycles. The number of hydrogen-bond acceptors (Lipinski definition) is 5. The van der Waals surface area contributed by atoms with Crippen LogP contribution in [0.4, 0.5) is 0 Å². The third-order valence-electron chi connectivity index (χ3n) is 2.88. The number of likely N-dealkylation sites (tertiary alicyclic amines) is 1. The van der Waals surface area contributed by atoms with Crippen LogP contribution in [0.3, 0.4) is 0 Å². The zero-order valence-corrected chi connectivity index (χ0v) is 10.3. The number of aromatic nitrogens is 2. The third-order valence-corrected chi connectivity index (χ3v) is 3.20. The lowest BCUT2D eigenvalue weighted by Crippen LogP contribution is -2.49. The van der Waals surface area contributed by atoms with Gasteiger partial charge in [-0.05, 0) is 12.1 Å². The number of nitrogens with zero attached hydrogens (tertiary/aromatic N) is 3. The molecule has 0 amide bonds. The largest absolute Gasteiger partial charge is 0.390 e. The van der Waals surface area contributed by atoms with Crippen molar-refractivity contribution in [2.45, 2.75) is 12.6 Å². The van der Waals surface area contributed by atoms with Gasteiger partial charge in [-0.3, -0.25) is 4.90 Å². The van der Waals surface area contributed by atoms with Gasteiger partial charge in [-0.1, -0.05) is 28.9 Å². The van der Waals surface area contributed by atoms with Crippen LogP contribution in [0.2, 0.25) is 5.02 Å². The Hall–Kier alpha value is -1.43. The maximum Gasteiger partial charge on any atom is 0.259 e. The second-order valence-corrected chi connectivity index (χ2v) is 4.75. The molecule has 0 bridgehead atoms. The standard InChI is InChI=1S/C12H12ClN3O2/c13-10-4-2-1-3-9(10)12-14-11(15-18-12)7-16-5-8(17)6-16/h1-4,8,17H,5-7H2. The maximum absolute atomic E-state index is 9.19. The summed E-state index contributed by atoms with van der Waals surface area (Å²) in [5.74, 6) is 1.04. The monoisotopic (exact) mass is 265 g/mol. The predicted molar refractivity (Wildman–Crippen MR) is 66.0 cm³/mol. The minimum absolute atomic E-state index is 0.222. The molecule has 0 unspecified atom stereocenters. The van der Waals surface area contributed by atoms with Crippen LogP contribution in [0.15, 0.2) is 28.8 Å². The summed E-state index contributed by atoms with van der Waals surface area (Å²) in [6, 6.07) is 7.35. The van der Waals surface area contributed by atoms with Gasteiger partial charge in [-0.2, -0.15) is 4.98 Å². The summed E-state index contributed by atoms with van der Waals surface area (Å²) in [7, 11) is 0. The first-order valence-electron chi connectivity index (χ1n) is 5.70. The second-order valence-electron chi connectivity index (χ2n) is 4.34. The highest BCUT2D eigenvalue weighted by molar-refractivity contribution is 6.33. The van der Waals surface area contributed by atoms with Crippen molar-refractivity contribution in [3.8, 4) is 11.5 Å². The van der Waals surface area contributed by atoms with Gasteiger partial charge >= 0.3 is 0 Å². The summed E-state index contributed by atoms with van der Waals surface area (Å²) in [6.07, 6.45) is -0.222. The lowest BCUT2D eigenvalue weighted by Gasteiger charge is -2.34. The van der Waals surface area contributed by atoms with Crippen LogP contribution < -0.4 is 0 Å². The maximum atomic E-state index is 9.19. The van der Waals surface area contributed by atoms with Gasteiger partial charge in [-0.15, -0.1) is 0 Å². The molecule has 1 N–H and O–H groups in total. The lowest BCUT2D eigenvalue weighted by molar-refractivity contribution is -0.00461. The predicted octanol–water partition coefficient (Wildman–Crippen LogP) is 1.57. The average Bonchev–Trinajstić information content (AvgIpc) is 2.76. The van der Waals surface area contributed by atoms with E-state index in [0.29, 0.717) is 36.4 Å². The number of hydrogen-bond donors (Lipinski definition) is 1. The van der Waals surface area contributed by atoms with E-state index in [1.165, 1.54) is 0 Å². The van der Waals surface area contributed by atoms with Crippen molar-refractivity contribution in [3.63, 3.8) is 0 Å². The Bertz CT molecular complexity index is 552. The highest BCUT2D eigenvalue weighted by atomic mass is 35.5. The fourth-order valence-electron chi connectivity index (χ4n) is 1.93. The van der Waals surface area contributed by atoms with Crippen molar-refractivity contribution in [2.75, 3.05) is 13.1 Å². The SMILES string of the molecule is OC1CN(Cc2noc(-c3ccccc3Cl)n2)C1. The number of aliphatic hydroxyl groups excluding tert-OH is 1. The number of rotatable bonds is 3. The highest BCUT2D eigenvalue weighted by Crippen LogP contribution is 2.26. The summed E-state index contributed by atoms with van der Waals surface area (Å²) in [5.41, 5.74) is 0.738. The van der Waals surface area contributed by atoms with Gasteiger partial charge in [0.2, 0.25) is 0 Å². The number of aliphatic hydroxyl groups is 1. The Morgan fingerprint density at radius 2 is 2.17 bits per heavy atom. The van der Waals surface area contributed by atoms with E-state index >= 15 is 0 Å². The lowest BCUT2D eigenvalue weighted by atomic mass is 10.2. The van der Waals surface area contributed by atoms with E-state index in [4.69, 9.17) is 16.1 Å². The molecule has 1 aliphatic rings. The van der Waals surface area contributed by atoms with E-state index in [-0.39, 0.29) is 6.10 Å². The molecule has 0 saturated carbocycles. The molecule has 5 nitrogen and oxygen atoms in total. The van der Waals surface area contributed by atoms with Crippen molar-refractivity contribution in [1.82, 2.24) is 15.0 Å². The molecule has 0 aliphatic carbocycles. The third kappa shape index (κ3) is 2.25. The quantitative estimate of drug-likeness (QED) is 0.913. The zero-order valence-electron chi connectivity index (χ0n) is 9.58. The fourth-order valence-corrected chi connectivity index (χ4v) is 2.15. The Morgan fingerprint density at radius 3 is 2.89 bits per heavy atom. The van der Waals surface area contributed by atoms with Crippen molar-refractivity contribution in [1.29, 1.82) is 0 Å². The van der Waals surface area contributed by atoms with Crippen LogP contribution in [0.5, 0.6) is 0 Å². The van der Waals surface area contributed by atoms with E-state index in [0.717, 1.165) is 5.56 Å². The first-order valence-corrected chi connectivity index (χ1v) is 6.08. The van der Waals surface area contributed by atoms with Crippen molar-refractivity contribution >= 4 is 11.6 Å². The van der Waals surface area contributed by atoms with E-state index in [1.807, 2.05) is 23.1 Å². The normalized spacial score (nSPS) is 16.8. The Kier molecular flexibility index (Phi) is 3.03. The van der Waals surface area contributed by atoms with Gasteiger partial charge in [0.25, 0.3) is 5.89 Å². The molecular weight excluding hydrogens is 254 g/mol. The molecule has 3 rings (SSSR count). The molecule has 1 aromatic heterocycles. The first-order chi connectivity index (χ1) is 8.72. The van der Waals surface area contributed by atoms with Gasteiger partial charge in [-0.25, -0.2) is 0 Å². The van der Waals surface area contributed by atoms with Gasteiger partial charge in [0.05, 0.1) is 23.2 Å². The molecule has 2 heterocycles. The molecule has 1 aliphatic heterocycles. The van der Waals surface area contributed by atoms with E-state index in [2.05, 4.69) is 10.1 Å². The molecule has 0 atom stereocenters. The Balaban J connectivity index is 1.75. The first kappa shape index (κ1) is 11.6. The molecule has 2 aromatic rings. The van der Waals surface area contributed by atoms with Crippen LogP contribution in [0.1, 0.15) is 5.82 Å². The van der Waals surface area contributed by atoms with Gasteiger partial charge in [0.15, 0.2) is 5.82 Å². The number of β-amino-alcohol motifs (C(OH)–C–C–N with tert-alkyl or cyclic N) is 1. The fraction of sp³-hybridized carbons (Fsp3) is 0.333. The van der Waals surface area contributed by atoms with Gasteiger partial charge < -0.3 is 9.63 Å². The van der Waals surface area contributed by atoms with Gasteiger partial charge in [0.1, 0.15) is 0 Å². The Morgan fingerprint density at radius 1 is 1.39 bits per heavy atom. The summed E-state index contributed by atoms with van der Waals surface area (Å²) in [6.45, 7) is 1.91. The van der Waals surface area contributed by atoms with Crippen molar-refractivity contribution in [3.05, 3.63) is 35.1 Å². The summed E-state index contributed by atoms with van der Waals surface area (Å²) in [5, 5.41) is 13.7. The molecule has 0 radical (unpaired) electrons. The van der Waals surface area contributed by atoms with Crippen molar-refractivity contribution < 1.29 is 9.63 Å². The highest BCUT2D eigenvalue weighted by Gasteiger charge is 2.25. The van der Waals surface area contributed by atoms with Crippen LogP contribution >= 0.6 is 11.6 Å². The van der Waals surface area contributed by atoms with Crippen LogP contribution in [0.25, 0.3) is 11.5 Å². The van der Waals surface area contributed by atoms with Crippen LogP contribution in [-0.4, -0.2) is 39.3 Å². The van der Waals surface area contributed by atoms with Crippen LogP contribution in [-0.2, 0) is 6.54 Å². The summed E-state index contributed by atoms with van der Waals surface area (Å²) >= 11 is 6.06. The molecule has 1 fully saturated rings. The van der Waals surface area contributed by atoms with E-state index < -0.39 is 0 Å². The smallest absolute Gasteiger partial charge is 0.259 e. The minimum atomic E-state index is -0.222. The number of benzene rings is 1. The minimum Gasteiger partial charge on any atom is -0.390 e. The molecule has 18 heavy (non-hydrogen) atoms. The Labute approximate surface area is 109 Å². The van der Waals surface area contributed by atoms with Crippen molar-refractivity contribution in [2.24, 2.45) is 0 Å². The molecular formula is C12H12ClN3O2. The summed E-state index contributed by atoms with van der Waals surface area (Å²) in [4.78, 5) is 6.35. The molecule has 6 heteroatoms. The second kappa shape index (κ2) is 4.68. The molecule has 1 saturated heterocycles. The van der Waals surface area contributed by atoms with E-state index in [9.17, 15) is 5.11 Å². The zero-order chi connectivity index (χ0) is 12.5. The number of halogens is 1. The van der Waals surface area contributed by atoms with Gasteiger partial charge in [0, 0.05) is 13.1 Å². The topological polar surface area (TPSA) is 62.4 Å². The van der Waals surface area contributed by atoms with E-state index in [1.54, 1.807) is 6.07 Å². The van der Waals surface area contributed by atoms with Crippen LogP contribution in [0, 0.1) is 0 Å². The molecule has 94 valence electrons. The average molecular weight is 266 g/mol. The molecule has 0 spiro atoms. The summed E-state index contributed by atoms with van der Waals surface area (Å²) < 4.78 is 5.19.